The molecule has 1 atom stereocenters. The van der Waals surface area contributed by atoms with Crippen LogP contribution in [0.4, 0.5) is 0 Å². The van der Waals surface area contributed by atoms with Crippen molar-refractivity contribution in [3.05, 3.63) is 27.5 Å². The second kappa shape index (κ2) is 8.69. The quantitative estimate of drug-likeness (QED) is 0.749. The van der Waals surface area contributed by atoms with Crippen molar-refractivity contribution in [2.45, 2.75) is 39.2 Å². The van der Waals surface area contributed by atoms with E-state index in [0.29, 0.717) is 0 Å². The number of ether oxygens (including phenoxy) is 1. The van der Waals surface area contributed by atoms with Gasteiger partial charge in [-0.05, 0) is 37.5 Å². The summed E-state index contributed by atoms with van der Waals surface area (Å²) >= 11 is 1.87. The second-order valence-electron chi connectivity index (χ2n) is 5.68. The van der Waals surface area contributed by atoms with Gasteiger partial charge >= 0.3 is 0 Å². The molecule has 1 N–H and O–H groups in total. The number of β-amino-alcohol motifs (C(OH)–C–C–N with tert-alkyl or cyclic N) is 1. The first-order chi connectivity index (χ1) is 10.2. The third-order valence-electron chi connectivity index (χ3n) is 3.80. The monoisotopic (exact) mass is 309 g/mol. The van der Waals surface area contributed by atoms with E-state index >= 15 is 0 Å². The van der Waals surface area contributed by atoms with Gasteiger partial charge in [-0.3, -0.25) is 4.90 Å². The summed E-state index contributed by atoms with van der Waals surface area (Å²) in [5.74, 6) is 0. The molecule has 1 aromatic heterocycles. The molecule has 2 heterocycles. The molecule has 1 unspecified atom stereocenters. The highest BCUT2D eigenvalue weighted by atomic mass is 32.1. The van der Waals surface area contributed by atoms with E-state index in [0.717, 1.165) is 52.1 Å². The molecular weight excluding hydrogens is 282 g/mol. The first-order valence-corrected chi connectivity index (χ1v) is 8.74. The van der Waals surface area contributed by atoms with Crippen molar-refractivity contribution in [2.75, 3.05) is 32.8 Å². The van der Waals surface area contributed by atoms with Crippen LogP contribution in [-0.4, -0.2) is 49.0 Å². The minimum absolute atomic E-state index is 0.131. The summed E-state index contributed by atoms with van der Waals surface area (Å²) in [6.45, 7) is 8.63. The summed E-state index contributed by atoms with van der Waals surface area (Å²) in [6, 6.07) is 2.28. The lowest BCUT2D eigenvalue weighted by molar-refractivity contribution is 0.107. The average molecular weight is 309 g/mol. The van der Waals surface area contributed by atoms with Gasteiger partial charge in [-0.15, -0.1) is 11.3 Å². The Kier molecular flexibility index (Phi) is 6.90. The lowest BCUT2D eigenvalue weighted by Gasteiger charge is -2.14. The maximum Gasteiger partial charge on any atom is 0.0679 e. The highest BCUT2D eigenvalue weighted by Crippen LogP contribution is 2.24. The zero-order chi connectivity index (χ0) is 15.1. The third kappa shape index (κ3) is 5.55. The van der Waals surface area contributed by atoms with E-state index in [1.807, 2.05) is 11.3 Å². The second-order valence-corrected chi connectivity index (χ2v) is 6.84. The van der Waals surface area contributed by atoms with Crippen LogP contribution in [0.25, 0.3) is 6.08 Å². The smallest absolute Gasteiger partial charge is 0.0679 e. The van der Waals surface area contributed by atoms with Crippen molar-refractivity contribution < 1.29 is 9.84 Å². The van der Waals surface area contributed by atoms with Crippen LogP contribution in [0, 0.1) is 6.92 Å². The Labute approximate surface area is 132 Å². The molecule has 0 bridgehead atoms. The molecule has 4 heteroatoms. The number of aliphatic hydroxyl groups is 1. The number of hydrogen-bond acceptors (Lipinski definition) is 4. The molecule has 21 heavy (non-hydrogen) atoms. The lowest BCUT2D eigenvalue weighted by atomic mass is 10.2. The highest BCUT2D eigenvalue weighted by Gasteiger charge is 2.19. The Hall–Kier alpha value is -0.680. The maximum atomic E-state index is 9.45. The van der Waals surface area contributed by atoms with E-state index in [2.05, 4.69) is 37.0 Å². The molecule has 3 nitrogen and oxygen atoms in total. The molecule has 1 aliphatic heterocycles. The minimum Gasteiger partial charge on any atom is -0.392 e. The van der Waals surface area contributed by atoms with Gasteiger partial charge in [0.1, 0.15) is 0 Å². The number of aryl methyl sites for hydroxylation is 1. The van der Waals surface area contributed by atoms with Crippen LogP contribution in [0.1, 0.15) is 35.1 Å². The normalized spacial score (nSPS) is 19.9. The van der Waals surface area contributed by atoms with Crippen LogP contribution in [0.5, 0.6) is 0 Å². The number of allylic oxidation sites excluding steroid dienone is 1. The van der Waals surface area contributed by atoms with Crippen LogP contribution < -0.4 is 0 Å². The first kappa shape index (κ1) is 16.7. The molecular formula is C17H27NO2S. The van der Waals surface area contributed by atoms with Crippen molar-refractivity contribution in [3.63, 3.8) is 0 Å². The topological polar surface area (TPSA) is 32.7 Å². The summed E-state index contributed by atoms with van der Waals surface area (Å²) in [7, 11) is 0. The van der Waals surface area contributed by atoms with Gasteiger partial charge in [-0.2, -0.15) is 0 Å². The van der Waals surface area contributed by atoms with E-state index in [9.17, 15) is 5.11 Å². The number of nitrogens with zero attached hydrogens (tertiary/aromatic N) is 1. The zero-order valence-corrected chi connectivity index (χ0v) is 14.0. The molecule has 0 aromatic carbocycles. The standard InChI is InChI=1S/C17H27NO2S/c1-3-4-5-17-14(2)12-16(21-17)7-10-20-11-9-18-8-6-15(19)13-18/h4-5,12,15,19H,3,6-11,13H2,1-2H3/b5-4-. The SMILES string of the molecule is CC/C=C\c1sc(CCOCCN2CCC(O)C2)cc1C. The number of hydrogen-bond donors (Lipinski definition) is 1. The Morgan fingerprint density at radius 2 is 2.33 bits per heavy atom. The van der Waals surface area contributed by atoms with E-state index in [4.69, 9.17) is 4.74 Å². The Morgan fingerprint density at radius 1 is 1.48 bits per heavy atom. The van der Waals surface area contributed by atoms with Crippen molar-refractivity contribution in [1.29, 1.82) is 0 Å². The number of likely N-dealkylation sites (tertiary alicyclic amines) is 1. The van der Waals surface area contributed by atoms with Gasteiger partial charge in [0, 0.05) is 35.8 Å². The summed E-state index contributed by atoms with van der Waals surface area (Å²) in [5.41, 5.74) is 1.37. The van der Waals surface area contributed by atoms with E-state index < -0.39 is 0 Å². The van der Waals surface area contributed by atoms with E-state index in [1.165, 1.54) is 15.3 Å². The molecule has 0 spiro atoms. The third-order valence-corrected chi connectivity index (χ3v) is 5.07. The fourth-order valence-electron chi connectivity index (χ4n) is 2.56. The van der Waals surface area contributed by atoms with Crippen molar-refractivity contribution >= 4 is 17.4 Å². The van der Waals surface area contributed by atoms with E-state index in [1.54, 1.807) is 0 Å². The Morgan fingerprint density at radius 3 is 3.05 bits per heavy atom. The fourth-order valence-corrected chi connectivity index (χ4v) is 3.65. The van der Waals surface area contributed by atoms with Gasteiger partial charge in [0.05, 0.1) is 19.3 Å². The molecule has 118 valence electrons. The molecule has 1 aromatic rings. The van der Waals surface area contributed by atoms with Gasteiger partial charge in [0.25, 0.3) is 0 Å². The van der Waals surface area contributed by atoms with Gasteiger partial charge < -0.3 is 9.84 Å². The van der Waals surface area contributed by atoms with Crippen LogP contribution in [0.3, 0.4) is 0 Å². The minimum atomic E-state index is -0.131. The van der Waals surface area contributed by atoms with Crippen molar-refractivity contribution in [3.8, 4) is 0 Å². The number of rotatable bonds is 8. The van der Waals surface area contributed by atoms with Gasteiger partial charge in [0.2, 0.25) is 0 Å². The largest absolute Gasteiger partial charge is 0.392 e. The maximum absolute atomic E-state index is 9.45. The Balaban J connectivity index is 1.63. The zero-order valence-electron chi connectivity index (χ0n) is 13.2. The summed E-state index contributed by atoms with van der Waals surface area (Å²) < 4.78 is 5.73. The number of aliphatic hydroxyl groups excluding tert-OH is 1. The average Bonchev–Trinajstić information content (AvgIpc) is 3.02. The molecule has 0 aliphatic carbocycles. The predicted octanol–water partition coefficient (Wildman–Crippen LogP) is 3.11. The van der Waals surface area contributed by atoms with E-state index in [-0.39, 0.29) is 6.10 Å². The summed E-state index contributed by atoms with van der Waals surface area (Å²) in [5, 5.41) is 9.45. The molecule has 1 aliphatic rings. The van der Waals surface area contributed by atoms with Gasteiger partial charge in [-0.25, -0.2) is 0 Å². The molecule has 0 saturated carbocycles. The van der Waals surface area contributed by atoms with Crippen LogP contribution in [0.2, 0.25) is 0 Å². The molecule has 0 amide bonds. The molecule has 2 rings (SSSR count). The van der Waals surface area contributed by atoms with Crippen LogP contribution in [0.15, 0.2) is 12.1 Å². The van der Waals surface area contributed by atoms with Crippen LogP contribution >= 0.6 is 11.3 Å². The molecule has 0 radical (unpaired) electrons. The summed E-state index contributed by atoms with van der Waals surface area (Å²) in [6.07, 6.45) is 7.29. The fraction of sp³-hybridized carbons (Fsp3) is 0.647. The van der Waals surface area contributed by atoms with Gasteiger partial charge in [0.15, 0.2) is 0 Å². The van der Waals surface area contributed by atoms with Gasteiger partial charge in [-0.1, -0.05) is 13.0 Å². The number of thiophene rings is 1. The first-order valence-electron chi connectivity index (χ1n) is 7.93. The predicted molar refractivity (Wildman–Crippen MR) is 90.0 cm³/mol. The highest BCUT2D eigenvalue weighted by molar-refractivity contribution is 7.13. The van der Waals surface area contributed by atoms with Crippen LogP contribution in [-0.2, 0) is 11.2 Å². The Bertz CT molecular complexity index is 456. The summed E-state index contributed by atoms with van der Waals surface area (Å²) in [4.78, 5) is 5.05. The van der Waals surface area contributed by atoms with Crippen molar-refractivity contribution in [1.82, 2.24) is 4.90 Å². The lowest BCUT2D eigenvalue weighted by Crippen LogP contribution is -2.26. The molecule has 1 saturated heterocycles. The van der Waals surface area contributed by atoms with Crippen molar-refractivity contribution in [2.24, 2.45) is 0 Å². The molecule has 1 fully saturated rings.